The molecule has 2 N–H and O–H groups in total. The summed E-state index contributed by atoms with van der Waals surface area (Å²) in [6.45, 7) is 6.84. The third-order valence-electron chi connectivity index (χ3n) is 5.44. The average Bonchev–Trinajstić information content (AvgIpc) is 2.96. The second kappa shape index (κ2) is 6.09. The van der Waals surface area contributed by atoms with E-state index in [2.05, 4.69) is 45.0 Å². The van der Waals surface area contributed by atoms with Gasteiger partial charge >= 0.3 is 0 Å². The molecule has 1 aliphatic carbocycles. The highest BCUT2D eigenvalue weighted by Gasteiger charge is 2.38. The SMILES string of the molecule is CCC(C)c1ccc(C(N)C2(CC)CCCC2)cc1. The molecule has 0 radical (unpaired) electrons. The van der Waals surface area contributed by atoms with Crippen LogP contribution < -0.4 is 5.73 Å². The molecular formula is C18H29N. The summed E-state index contributed by atoms with van der Waals surface area (Å²) >= 11 is 0. The monoisotopic (exact) mass is 259 g/mol. The largest absolute Gasteiger partial charge is 0.323 e. The Labute approximate surface area is 118 Å². The number of rotatable bonds is 5. The van der Waals surface area contributed by atoms with Crippen LogP contribution in [0.2, 0.25) is 0 Å². The highest BCUT2D eigenvalue weighted by Crippen LogP contribution is 2.48. The van der Waals surface area contributed by atoms with Crippen LogP contribution in [0.25, 0.3) is 0 Å². The van der Waals surface area contributed by atoms with Gasteiger partial charge in [-0.2, -0.15) is 0 Å². The van der Waals surface area contributed by atoms with Crippen LogP contribution in [0, 0.1) is 5.41 Å². The topological polar surface area (TPSA) is 26.0 Å². The Morgan fingerprint density at radius 1 is 1.05 bits per heavy atom. The minimum Gasteiger partial charge on any atom is -0.323 e. The second-order valence-corrected chi connectivity index (χ2v) is 6.38. The molecule has 0 bridgehead atoms. The first kappa shape index (κ1) is 14.6. The maximum atomic E-state index is 6.60. The highest BCUT2D eigenvalue weighted by molar-refractivity contribution is 5.28. The molecule has 0 heterocycles. The Morgan fingerprint density at radius 2 is 1.58 bits per heavy atom. The number of hydrogen-bond acceptors (Lipinski definition) is 1. The maximum absolute atomic E-state index is 6.60. The first-order valence-corrected chi connectivity index (χ1v) is 7.98. The maximum Gasteiger partial charge on any atom is 0.0351 e. The zero-order valence-corrected chi connectivity index (χ0v) is 12.8. The summed E-state index contributed by atoms with van der Waals surface area (Å²) in [5.74, 6) is 0.650. The average molecular weight is 259 g/mol. The minimum atomic E-state index is 0.214. The minimum absolute atomic E-state index is 0.214. The van der Waals surface area contributed by atoms with Crippen molar-refractivity contribution in [3.63, 3.8) is 0 Å². The summed E-state index contributed by atoms with van der Waals surface area (Å²) in [6.07, 6.45) is 7.72. The van der Waals surface area contributed by atoms with Gasteiger partial charge in [-0.05, 0) is 48.1 Å². The Bertz CT molecular complexity index is 387. The summed E-state index contributed by atoms with van der Waals surface area (Å²) in [4.78, 5) is 0. The van der Waals surface area contributed by atoms with Gasteiger partial charge in [0, 0.05) is 6.04 Å². The van der Waals surface area contributed by atoms with Gasteiger partial charge in [-0.15, -0.1) is 0 Å². The first-order valence-electron chi connectivity index (χ1n) is 7.98. The molecule has 0 spiro atoms. The fraction of sp³-hybridized carbons (Fsp3) is 0.667. The molecule has 0 aromatic heterocycles. The molecular weight excluding hydrogens is 230 g/mol. The van der Waals surface area contributed by atoms with Gasteiger partial charge in [-0.1, -0.05) is 57.9 Å². The van der Waals surface area contributed by atoms with E-state index < -0.39 is 0 Å². The molecule has 0 saturated heterocycles. The van der Waals surface area contributed by atoms with Crippen molar-refractivity contribution in [3.05, 3.63) is 35.4 Å². The van der Waals surface area contributed by atoms with E-state index in [-0.39, 0.29) is 6.04 Å². The van der Waals surface area contributed by atoms with Gasteiger partial charge in [0.25, 0.3) is 0 Å². The molecule has 2 rings (SSSR count). The normalized spacial score (nSPS) is 21.3. The Hall–Kier alpha value is -0.820. The number of hydrogen-bond donors (Lipinski definition) is 1. The molecule has 0 aliphatic heterocycles. The molecule has 1 aromatic rings. The van der Waals surface area contributed by atoms with E-state index >= 15 is 0 Å². The Balaban J connectivity index is 2.17. The molecule has 1 heteroatoms. The van der Waals surface area contributed by atoms with Crippen molar-refractivity contribution < 1.29 is 0 Å². The third-order valence-corrected chi connectivity index (χ3v) is 5.44. The predicted molar refractivity (Wildman–Crippen MR) is 83.3 cm³/mol. The van der Waals surface area contributed by atoms with E-state index in [1.807, 2.05) is 0 Å². The van der Waals surface area contributed by atoms with Gasteiger partial charge in [0.15, 0.2) is 0 Å². The molecule has 1 aliphatic rings. The van der Waals surface area contributed by atoms with Crippen molar-refractivity contribution in [2.75, 3.05) is 0 Å². The molecule has 2 unspecified atom stereocenters. The second-order valence-electron chi connectivity index (χ2n) is 6.38. The van der Waals surface area contributed by atoms with Crippen molar-refractivity contribution >= 4 is 0 Å². The van der Waals surface area contributed by atoms with Crippen LogP contribution in [0.3, 0.4) is 0 Å². The Morgan fingerprint density at radius 3 is 2.05 bits per heavy atom. The lowest BCUT2D eigenvalue weighted by Gasteiger charge is -2.34. The highest BCUT2D eigenvalue weighted by atomic mass is 14.7. The van der Waals surface area contributed by atoms with Gasteiger partial charge in [-0.3, -0.25) is 0 Å². The van der Waals surface area contributed by atoms with Crippen LogP contribution in [0.4, 0.5) is 0 Å². The van der Waals surface area contributed by atoms with Gasteiger partial charge < -0.3 is 5.73 Å². The van der Waals surface area contributed by atoms with Crippen LogP contribution in [0.5, 0.6) is 0 Å². The molecule has 1 nitrogen and oxygen atoms in total. The lowest BCUT2D eigenvalue weighted by atomic mass is 9.74. The van der Waals surface area contributed by atoms with E-state index in [0.717, 1.165) is 0 Å². The summed E-state index contributed by atoms with van der Waals surface area (Å²) in [7, 11) is 0. The molecule has 1 fully saturated rings. The van der Waals surface area contributed by atoms with Crippen molar-refractivity contribution in [1.29, 1.82) is 0 Å². The fourth-order valence-corrected chi connectivity index (χ4v) is 3.58. The van der Waals surface area contributed by atoms with Crippen molar-refractivity contribution in [2.45, 2.75) is 71.3 Å². The van der Waals surface area contributed by atoms with E-state index in [9.17, 15) is 0 Å². The summed E-state index contributed by atoms with van der Waals surface area (Å²) in [5, 5.41) is 0. The standard InChI is InChI=1S/C18H29N/c1-4-14(3)15-8-10-16(11-9-15)17(19)18(5-2)12-6-7-13-18/h8-11,14,17H,4-7,12-13,19H2,1-3H3. The summed E-state index contributed by atoms with van der Waals surface area (Å²) in [5.41, 5.74) is 9.73. The van der Waals surface area contributed by atoms with E-state index in [4.69, 9.17) is 5.73 Å². The third kappa shape index (κ3) is 2.86. The van der Waals surface area contributed by atoms with Gasteiger partial charge in [-0.25, -0.2) is 0 Å². The molecule has 106 valence electrons. The van der Waals surface area contributed by atoms with Gasteiger partial charge in [0.1, 0.15) is 0 Å². The van der Waals surface area contributed by atoms with Crippen LogP contribution in [-0.4, -0.2) is 0 Å². The molecule has 1 saturated carbocycles. The van der Waals surface area contributed by atoms with E-state index in [0.29, 0.717) is 11.3 Å². The van der Waals surface area contributed by atoms with E-state index in [1.54, 1.807) is 0 Å². The first-order chi connectivity index (χ1) is 9.13. The zero-order valence-electron chi connectivity index (χ0n) is 12.8. The predicted octanol–water partition coefficient (Wildman–Crippen LogP) is 5.17. The Kier molecular flexibility index (Phi) is 4.67. The molecule has 1 aromatic carbocycles. The number of nitrogens with two attached hydrogens (primary N) is 1. The van der Waals surface area contributed by atoms with Crippen molar-refractivity contribution in [1.82, 2.24) is 0 Å². The lowest BCUT2D eigenvalue weighted by Crippen LogP contribution is -2.31. The van der Waals surface area contributed by atoms with Crippen LogP contribution in [0.1, 0.15) is 82.4 Å². The zero-order chi connectivity index (χ0) is 13.9. The van der Waals surface area contributed by atoms with Crippen LogP contribution in [-0.2, 0) is 0 Å². The molecule has 0 amide bonds. The van der Waals surface area contributed by atoms with Crippen LogP contribution >= 0.6 is 0 Å². The number of benzene rings is 1. The van der Waals surface area contributed by atoms with E-state index in [1.165, 1.54) is 49.7 Å². The van der Waals surface area contributed by atoms with Crippen LogP contribution in [0.15, 0.2) is 24.3 Å². The van der Waals surface area contributed by atoms with Gasteiger partial charge in [0.05, 0.1) is 0 Å². The lowest BCUT2D eigenvalue weighted by molar-refractivity contribution is 0.222. The van der Waals surface area contributed by atoms with Crippen molar-refractivity contribution in [2.24, 2.45) is 11.1 Å². The summed E-state index contributed by atoms with van der Waals surface area (Å²) in [6, 6.07) is 9.30. The molecule has 2 atom stereocenters. The summed E-state index contributed by atoms with van der Waals surface area (Å²) < 4.78 is 0. The fourth-order valence-electron chi connectivity index (χ4n) is 3.58. The van der Waals surface area contributed by atoms with Crippen molar-refractivity contribution in [3.8, 4) is 0 Å². The quantitative estimate of drug-likeness (QED) is 0.775. The smallest absolute Gasteiger partial charge is 0.0351 e. The molecule has 19 heavy (non-hydrogen) atoms. The van der Waals surface area contributed by atoms with Gasteiger partial charge in [0.2, 0.25) is 0 Å².